The molecule has 1 aliphatic rings. The topological polar surface area (TPSA) is 96.7 Å². The third-order valence-corrected chi connectivity index (χ3v) is 5.59. The van der Waals surface area contributed by atoms with Gasteiger partial charge in [0.1, 0.15) is 11.3 Å². The Balaban J connectivity index is 1.62. The molecule has 1 aliphatic carbocycles. The molecular formula is C17H21N5O2S. The first kappa shape index (κ1) is 17.5. The number of nitriles is 1. The lowest BCUT2D eigenvalue weighted by Crippen LogP contribution is -2.49. The molecule has 0 aliphatic heterocycles. The second kappa shape index (κ2) is 7.31. The minimum atomic E-state index is -0.700. The number of carbonyl (C=O) groups excluding carboxylic acids is 1. The molecular weight excluding hydrogens is 338 g/mol. The predicted octanol–water partition coefficient (Wildman–Crippen LogP) is 2.82. The summed E-state index contributed by atoms with van der Waals surface area (Å²) in [5, 5.41) is 21.4. The number of nitrogens with zero attached hydrogens (tertiary/aromatic N) is 4. The standard InChI is InChI=1S/C17H21N5O2S/c1-12-13(6-9-24-12)15-20-21-16(22(15)2)25-10-14(23)19-17(11-18)7-4-3-5-8-17/h6,9H,3-5,7-8,10H2,1-2H3,(H,19,23). The van der Waals surface area contributed by atoms with Gasteiger partial charge in [0, 0.05) is 7.05 Å². The van der Waals surface area contributed by atoms with Gasteiger partial charge in [0.25, 0.3) is 0 Å². The Hall–Kier alpha value is -2.27. The van der Waals surface area contributed by atoms with Crippen LogP contribution in [0.25, 0.3) is 11.4 Å². The second-order valence-electron chi connectivity index (χ2n) is 6.35. The van der Waals surface area contributed by atoms with Gasteiger partial charge in [-0.15, -0.1) is 10.2 Å². The zero-order valence-corrected chi connectivity index (χ0v) is 15.2. The molecule has 1 fully saturated rings. The van der Waals surface area contributed by atoms with E-state index in [2.05, 4.69) is 21.6 Å². The molecule has 2 aromatic rings. The molecule has 7 nitrogen and oxygen atoms in total. The van der Waals surface area contributed by atoms with Gasteiger partial charge < -0.3 is 14.3 Å². The minimum absolute atomic E-state index is 0.141. The van der Waals surface area contributed by atoms with E-state index in [0.29, 0.717) is 11.0 Å². The van der Waals surface area contributed by atoms with Crippen LogP contribution in [0.4, 0.5) is 0 Å². The highest BCUT2D eigenvalue weighted by molar-refractivity contribution is 7.99. The van der Waals surface area contributed by atoms with E-state index in [9.17, 15) is 10.1 Å². The summed E-state index contributed by atoms with van der Waals surface area (Å²) < 4.78 is 7.15. The molecule has 8 heteroatoms. The molecule has 0 spiro atoms. The van der Waals surface area contributed by atoms with Crippen molar-refractivity contribution in [2.24, 2.45) is 7.05 Å². The van der Waals surface area contributed by atoms with Crippen molar-refractivity contribution in [2.75, 3.05) is 5.75 Å². The first-order valence-electron chi connectivity index (χ1n) is 8.33. The van der Waals surface area contributed by atoms with Crippen molar-refractivity contribution >= 4 is 17.7 Å². The highest BCUT2D eigenvalue weighted by atomic mass is 32.2. The van der Waals surface area contributed by atoms with Crippen LogP contribution in [0, 0.1) is 18.3 Å². The van der Waals surface area contributed by atoms with Gasteiger partial charge in [-0.25, -0.2) is 0 Å². The summed E-state index contributed by atoms with van der Waals surface area (Å²) in [6, 6.07) is 4.15. The first-order chi connectivity index (χ1) is 12.0. The van der Waals surface area contributed by atoms with Gasteiger partial charge >= 0.3 is 0 Å². The monoisotopic (exact) mass is 359 g/mol. The van der Waals surface area contributed by atoms with Crippen molar-refractivity contribution in [3.8, 4) is 17.5 Å². The highest BCUT2D eigenvalue weighted by Crippen LogP contribution is 2.28. The summed E-state index contributed by atoms with van der Waals surface area (Å²) >= 11 is 1.31. The molecule has 25 heavy (non-hydrogen) atoms. The van der Waals surface area contributed by atoms with Crippen LogP contribution in [-0.2, 0) is 11.8 Å². The van der Waals surface area contributed by atoms with Gasteiger partial charge in [0.15, 0.2) is 11.0 Å². The molecule has 0 saturated heterocycles. The number of aryl methyl sites for hydroxylation is 1. The summed E-state index contributed by atoms with van der Waals surface area (Å²) in [5.41, 5.74) is 0.186. The smallest absolute Gasteiger partial charge is 0.231 e. The van der Waals surface area contributed by atoms with E-state index in [1.807, 2.05) is 24.6 Å². The van der Waals surface area contributed by atoms with E-state index in [1.54, 1.807) is 6.26 Å². The van der Waals surface area contributed by atoms with Crippen LogP contribution in [0.1, 0.15) is 37.9 Å². The van der Waals surface area contributed by atoms with Crippen LogP contribution in [-0.4, -0.2) is 32.0 Å². The van der Waals surface area contributed by atoms with Crippen molar-refractivity contribution in [1.82, 2.24) is 20.1 Å². The fourth-order valence-corrected chi connectivity index (χ4v) is 3.86. The maximum absolute atomic E-state index is 12.3. The zero-order valence-electron chi connectivity index (χ0n) is 14.4. The molecule has 0 aromatic carbocycles. The van der Waals surface area contributed by atoms with E-state index in [0.717, 1.165) is 43.4 Å². The van der Waals surface area contributed by atoms with Crippen LogP contribution < -0.4 is 5.32 Å². The average Bonchev–Trinajstić information content (AvgIpc) is 3.19. The Morgan fingerprint density at radius 1 is 1.44 bits per heavy atom. The Morgan fingerprint density at radius 2 is 2.20 bits per heavy atom. The Bertz CT molecular complexity index is 798. The number of rotatable bonds is 5. The molecule has 3 rings (SSSR count). The Morgan fingerprint density at radius 3 is 2.84 bits per heavy atom. The normalized spacial score (nSPS) is 16.4. The van der Waals surface area contributed by atoms with E-state index >= 15 is 0 Å². The number of carbonyl (C=O) groups is 1. The fraction of sp³-hybridized carbons (Fsp3) is 0.529. The number of nitrogens with one attached hydrogen (secondary N) is 1. The van der Waals surface area contributed by atoms with Crippen molar-refractivity contribution < 1.29 is 9.21 Å². The summed E-state index contributed by atoms with van der Waals surface area (Å²) in [7, 11) is 1.86. The van der Waals surface area contributed by atoms with Gasteiger partial charge in [-0.2, -0.15) is 5.26 Å². The van der Waals surface area contributed by atoms with Crippen molar-refractivity contribution in [1.29, 1.82) is 5.26 Å². The third-order valence-electron chi connectivity index (χ3n) is 4.57. The van der Waals surface area contributed by atoms with Crippen molar-refractivity contribution in [2.45, 2.75) is 49.7 Å². The zero-order chi connectivity index (χ0) is 17.9. The lowest BCUT2D eigenvalue weighted by atomic mass is 9.83. The summed E-state index contributed by atoms with van der Waals surface area (Å²) in [4.78, 5) is 12.3. The summed E-state index contributed by atoms with van der Waals surface area (Å²) in [6.45, 7) is 1.87. The highest BCUT2D eigenvalue weighted by Gasteiger charge is 2.33. The van der Waals surface area contributed by atoms with Gasteiger partial charge in [-0.1, -0.05) is 31.0 Å². The minimum Gasteiger partial charge on any atom is -0.469 e. The SMILES string of the molecule is Cc1occc1-c1nnc(SCC(=O)NC2(C#N)CCCCC2)n1C. The number of amides is 1. The Kier molecular flexibility index (Phi) is 5.13. The van der Waals surface area contributed by atoms with Crippen LogP contribution in [0.15, 0.2) is 21.9 Å². The number of aromatic nitrogens is 3. The predicted molar refractivity (Wildman–Crippen MR) is 93.7 cm³/mol. The number of hydrogen-bond acceptors (Lipinski definition) is 6. The maximum atomic E-state index is 12.3. The molecule has 0 atom stereocenters. The molecule has 1 saturated carbocycles. The third kappa shape index (κ3) is 3.71. The molecule has 0 radical (unpaired) electrons. The van der Waals surface area contributed by atoms with Crippen LogP contribution >= 0.6 is 11.8 Å². The van der Waals surface area contributed by atoms with Gasteiger partial charge in [-0.3, -0.25) is 4.79 Å². The number of thioether (sulfide) groups is 1. The van der Waals surface area contributed by atoms with Crippen molar-refractivity contribution in [3.05, 3.63) is 18.1 Å². The molecule has 2 aromatic heterocycles. The quantitative estimate of drug-likeness (QED) is 0.825. The molecule has 0 bridgehead atoms. The van der Waals surface area contributed by atoms with Gasteiger partial charge in [0.05, 0.1) is 23.6 Å². The second-order valence-corrected chi connectivity index (χ2v) is 7.29. The average molecular weight is 359 g/mol. The van der Waals surface area contributed by atoms with Gasteiger partial charge in [0.2, 0.25) is 5.91 Å². The van der Waals surface area contributed by atoms with Crippen LogP contribution in [0.5, 0.6) is 0 Å². The molecule has 1 amide bonds. The van der Waals surface area contributed by atoms with E-state index in [1.165, 1.54) is 11.8 Å². The first-order valence-corrected chi connectivity index (χ1v) is 9.32. The van der Waals surface area contributed by atoms with Crippen LogP contribution in [0.3, 0.4) is 0 Å². The van der Waals surface area contributed by atoms with Gasteiger partial charge in [-0.05, 0) is 25.8 Å². The van der Waals surface area contributed by atoms with E-state index < -0.39 is 5.54 Å². The largest absolute Gasteiger partial charge is 0.469 e. The molecule has 132 valence electrons. The number of furan rings is 1. The van der Waals surface area contributed by atoms with E-state index in [-0.39, 0.29) is 11.7 Å². The molecule has 1 N–H and O–H groups in total. The Labute approximate surface area is 150 Å². The lowest BCUT2D eigenvalue weighted by molar-refractivity contribution is -0.120. The lowest BCUT2D eigenvalue weighted by Gasteiger charge is -2.31. The van der Waals surface area contributed by atoms with E-state index in [4.69, 9.17) is 4.42 Å². The van der Waals surface area contributed by atoms with Crippen LogP contribution in [0.2, 0.25) is 0 Å². The summed E-state index contributed by atoms with van der Waals surface area (Å²) in [6.07, 6.45) is 6.17. The maximum Gasteiger partial charge on any atom is 0.231 e. The fourth-order valence-electron chi connectivity index (χ4n) is 3.15. The summed E-state index contributed by atoms with van der Waals surface area (Å²) in [5.74, 6) is 1.55. The molecule has 2 heterocycles. The molecule has 0 unspecified atom stereocenters. The van der Waals surface area contributed by atoms with Crippen molar-refractivity contribution in [3.63, 3.8) is 0 Å². The number of hydrogen-bond donors (Lipinski definition) is 1.